The highest BCUT2D eigenvalue weighted by Gasteiger charge is 2.26. The third-order valence-electron chi connectivity index (χ3n) is 5.61. The van der Waals surface area contributed by atoms with Gasteiger partial charge < -0.3 is 14.6 Å². The predicted molar refractivity (Wildman–Crippen MR) is 128 cm³/mol. The molecule has 0 spiro atoms. The minimum absolute atomic E-state index is 0.113. The highest BCUT2D eigenvalue weighted by atomic mass is 16.5. The molecule has 0 radical (unpaired) electrons. The number of aromatic nitrogens is 2. The molecule has 8 heteroatoms. The fraction of sp³-hybridized carbons (Fsp3) is 0.308. The van der Waals surface area contributed by atoms with Gasteiger partial charge in [0.25, 0.3) is 5.56 Å². The van der Waals surface area contributed by atoms with Crippen LogP contribution in [-0.2, 0) is 22.4 Å². The zero-order chi connectivity index (χ0) is 24.1. The summed E-state index contributed by atoms with van der Waals surface area (Å²) in [6.07, 6.45) is 7.94. The number of rotatable bonds is 10. The van der Waals surface area contributed by atoms with E-state index in [2.05, 4.69) is 9.98 Å². The molecule has 4 rings (SSSR count). The number of ether oxygens (including phenoxy) is 2. The van der Waals surface area contributed by atoms with Crippen molar-refractivity contribution in [3.8, 4) is 11.5 Å². The molecule has 1 aliphatic rings. The van der Waals surface area contributed by atoms with E-state index in [0.717, 1.165) is 12.0 Å². The molecule has 1 unspecified atom stereocenters. The Morgan fingerprint density at radius 1 is 1.18 bits per heavy atom. The van der Waals surface area contributed by atoms with E-state index in [1.165, 1.54) is 10.6 Å². The number of carbonyl (C=O) groups is 1. The monoisotopic (exact) mass is 461 g/mol. The van der Waals surface area contributed by atoms with Gasteiger partial charge in [0.2, 0.25) is 0 Å². The maximum atomic E-state index is 13.1. The summed E-state index contributed by atoms with van der Waals surface area (Å²) in [5.41, 5.74) is 2.72. The molecule has 0 amide bonds. The lowest BCUT2D eigenvalue weighted by atomic mass is 10.0. The van der Waals surface area contributed by atoms with Crippen LogP contribution >= 0.6 is 0 Å². The van der Waals surface area contributed by atoms with Gasteiger partial charge in [0, 0.05) is 41.7 Å². The smallest absolute Gasteiger partial charge is 0.306 e. The first-order chi connectivity index (χ1) is 16.5. The van der Waals surface area contributed by atoms with Gasteiger partial charge in [-0.05, 0) is 50.1 Å². The number of esters is 1. The highest BCUT2D eigenvalue weighted by molar-refractivity contribution is 5.80. The van der Waals surface area contributed by atoms with Gasteiger partial charge >= 0.3 is 5.97 Å². The third kappa shape index (κ3) is 4.71. The summed E-state index contributed by atoms with van der Waals surface area (Å²) in [6.45, 7) is 4.08. The van der Waals surface area contributed by atoms with Crippen LogP contribution in [0.4, 0.5) is 0 Å². The number of aromatic hydroxyl groups is 1. The molecule has 0 saturated heterocycles. The summed E-state index contributed by atoms with van der Waals surface area (Å²) in [6, 6.07) is 8.81. The number of pyridine rings is 1. The van der Waals surface area contributed by atoms with Gasteiger partial charge in [0.15, 0.2) is 6.10 Å². The van der Waals surface area contributed by atoms with Crippen LogP contribution in [0.15, 0.2) is 64.3 Å². The van der Waals surface area contributed by atoms with Crippen LogP contribution in [0.5, 0.6) is 11.5 Å². The minimum atomic E-state index is -0.615. The van der Waals surface area contributed by atoms with Gasteiger partial charge in [-0.15, -0.1) is 0 Å². The number of hydrogen-bond acceptors (Lipinski definition) is 7. The first-order valence-electron chi connectivity index (χ1n) is 11.4. The molecule has 3 aromatic rings. The summed E-state index contributed by atoms with van der Waals surface area (Å²) < 4.78 is 12.8. The lowest BCUT2D eigenvalue weighted by molar-refractivity contribution is -0.143. The molecule has 1 atom stereocenters. The van der Waals surface area contributed by atoms with Crippen LogP contribution < -0.4 is 10.3 Å². The fourth-order valence-electron chi connectivity index (χ4n) is 3.90. The Balaban J connectivity index is 1.72. The normalized spacial score (nSPS) is 13.3. The SMILES string of the molecule is CCCc1c(O)cccc1OC(C1=CC=N1)c1cccn2c(=O)c(CCC(=O)OCC)cnc12. The maximum absolute atomic E-state index is 13.1. The van der Waals surface area contributed by atoms with Crippen molar-refractivity contribution in [3.63, 3.8) is 0 Å². The molecular formula is C26H27N3O5. The lowest BCUT2D eigenvalue weighted by Crippen LogP contribution is -2.23. The molecule has 3 heterocycles. The number of hydrogen-bond donors (Lipinski definition) is 1. The van der Waals surface area contributed by atoms with Crippen molar-refractivity contribution in [1.29, 1.82) is 0 Å². The second kappa shape index (κ2) is 10.3. The summed E-state index contributed by atoms with van der Waals surface area (Å²) in [5.74, 6) is 0.394. The number of aryl methyl sites for hydroxylation is 1. The summed E-state index contributed by atoms with van der Waals surface area (Å²) in [7, 11) is 0. The topological polar surface area (TPSA) is 102 Å². The number of allylic oxidation sites excluding steroid dienone is 1. The van der Waals surface area contributed by atoms with Gasteiger partial charge in [0.05, 0.1) is 12.3 Å². The second-order valence-corrected chi connectivity index (χ2v) is 7.92. The van der Waals surface area contributed by atoms with Crippen molar-refractivity contribution in [3.05, 3.63) is 81.5 Å². The van der Waals surface area contributed by atoms with Crippen LogP contribution in [0.2, 0.25) is 0 Å². The Bertz CT molecular complexity index is 1330. The maximum Gasteiger partial charge on any atom is 0.306 e. The van der Waals surface area contributed by atoms with Crippen LogP contribution in [0.25, 0.3) is 5.65 Å². The average Bonchev–Trinajstić information content (AvgIpc) is 2.79. The molecule has 1 aliphatic heterocycles. The zero-order valence-electron chi connectivity index (χ0n) is 19.2. The van der Waals surface area contributed by atoms with E-state index in [1.807, 2.05) is 25.1 Å². The standard InChI is InChI=1S/C26H27N3O5/c1-3-7-18-21(30)9-5-10-22(18)34-24(20-13-14-27-20)19-8-6-15-29-25(19)28-16-17(26(29)32)11-12-23(31)33-4-2/h5-6,8-10,13-16,24,30H,3-4,7,11-12H2,1-2H3. The Labute approximate surface area is 197 Å². The molecular weight excluding hydrogens is 434 g/mol. The number of fused-ring (bicyclic) bond motifs is 1. The quantitative estimate of drug-likeness (QED) is 0.459. The molecule has 0 bridgehead atoms. The van der Waals surface area contributed by atoms with Crippen molar-refractivity contribution < 1.29 is 19.4 Å². The van der Waals surface area contributed by atoms with E-state index in [1.54, 1.807) is 37.5 Å². The first kappa shape index (κ1) is 23.2. The summed E-state index contributed by atoms with van der Waals surface area (Å²) >= 11 is 0. The molecule has 1 N–H and O–H groups in total. The Morgan fingerprint density at radius 2 is 2.00 bits per heavy atom. The molecule has 0 fully saturated rings. The lowest BCUT2D eigenvalue weighted by Gasteiger charge is -2.24. The first-order valence-corrected chi connectivity index (χ1v) is 11.4. The molecule has 34 heavy (non-hydrogen) atoms. The Hall–Kier alpha value is -3.94. The minimum Gasteiger partial charge on any atom is -0.508 e. The van der Waals surface area contributed by atoms with E-state index in [9.17, 15) is 14.7 Å². The van der Waals surface area contributed by atoms with Crippen LogP contribution in [0.1, 0.15) is 49.5 Å². The molecule has 1 aromatic carbocycles. The zero-order valence-corrected chi connectivity index (χ0v) is 19.2. The van der Waals surface area contributed by atoms with Crippen molar-refractivity contribution in [2.45, 2.75) is 45.6 Å². The highest BCUT2D eigenvalue weighted by Crippen LogP contribution is 2.37. The number of aliphatic imine (C=N–C) groups is 1. The molecule has 176 valence electrons. The number of nitrogens with zero attached hydrogens (tertiary/aromatic N) is 3. The van der Waals surface area contributed by atoms with Gasteiger partial charge in [-0.3, -0.25) is 19.0 Å². The van der Waals surface area contributed by atoms with Crippen molar-refractivity contribution in [2.75, 3.05) is 6.61 Å². The van der Waals surface area contributed by atoms with Crippen LogP contribution in [-0.4, -0.2) is 33.3 Å². The number of phenols is 1. The van der Waals surface area contributed by atoms with Gasteiger partial charge in [-0.25, -0.2) is 4.98 Å². The summed E-state index contributed by atoms with van der Waals surface area (Å²) in [4.78, 5) is 33.7. The van der Waals surface area contributed by atoms with E-state index >= 15 is 0 Å². The third-order valence-corrected chi connectivity index (χ3v) is 5.61. The van der Waals surface area contributed by atoms with Crippen molar-refractivity contribution in [1.82, 2.24) is 9.38 Å². The number of benzene rings is 1. The second-order valence-electron chi connectivity index (χ2n) is 7.92. The van der Waals surface area contributed by atoms with Crippen molar-refractivity contribution in [2.24, 2.45) is 4.99 Å². The van der Waals surface area contributed by atoms with Gasteiger partial charge in [0.1, 0.15) is 17.1 Å². The molecule has 8 nitrogen and oxygen atoms in total. The molecule has 2 aromatic heterocycles. The van der Waals surface area contributed by atoms with E-state index in [0.29, 0.717) is 41.2 Å². The number of carbonyl (C=O) groups excluding carboxylic acids is 1. The van der Waals surface area contributed by atoms with Crippen molar-refractivity contribution >= 4 is 17.8 Å². The molecule has 0 aliphatic carbocycles. The largest absolute Gasteiger partial charge is 0.508 e. The van der Waals surface area contributed by atoms with E-state index in [4.69, 9.17) is 9.47 Å². The predicted octanol–water partition coefficient (Wildman–Crippen LogP) is 3.94. The average molecular weight is 462 g/mol. The van der Waals surface area contributed by atoms with Crippen LogP contribution in [0.3, 0.4) is 0 Å². The summed E-state index contributed by atoms with van der Waals surface area (Å²) in [5, 5.41) is 10.4. The van der Waals surface area contributed by atoms with E-state index < -0.39 is 6.10 Å². The van der Waals surface area contributed by atoms with Gasteiger partial charge in [-0.1, -0.05) is 19.4 Å². The Kier molecular flexibility index (Phi) is 7.06. The fourth-order valence-corrected chi connectivity index (χ4v) is 3.90. The molecule has 0 saturated carbocycles. The van der Waals surface area contributed by atoms with Crippen LogP contribution in [0, 0.1) is 0 Å². The van der Waals surface area contributed by atoms with Gasteiger partial charge in [-0.2, -0.15) is 0 Å². The Morgan fingerprint density at radius 3 is 2.71 bits per heavy atom. The van der Waals surface area contributed by atoms with E-state index in [-0.39, 0.29) is 30.1 Å². The number of phenolic OH excluding ortho intramolecular Hbond substituents is 1.